The fourth-order valence-electron chi connectivity index (χ4n) is 0.702. The van der Waals surface area contributed by atoms with Crippen LogP contribution in [0.1, 0.15) is 16.1 Å². The molecule has 5 heteroatoms. The van der Waals surface area contributed by atoms with E-state index >= 15 is 0 Å². The number of carboxylic acids is 1. The van der Waals surface area contributed by atoms with Crippen molar-refractivity contribution in [3.63, 3.8) is 0 Å². The molecule has 1 rings (SSSR count). The molecule has 0 aliphatic rings. The van der Waals surface area contributed by atoms with Gasteiger partial charge in [0.15, 0.2) is 0 Å². The van der Waals surface area contributed by atoms with Gasteiger partial charge in [0.25, 0.3) is 0 Å². The van der Waals surface area contributed by atoms with Crippen molar-refractivity contribution in [1.29, 1.82) is 0 Å². The molecule has 0 fully saturated rings. The van der Waals surface area contributed by atoms with Crippen molar-refractivity contribution in [2.24, 2.45) is 0 Å². The molecular formula is C7H5BrClNO2. The van der Waals surface area contributed by atoms with E-state index in [1.807, 2.05) is 0 Å². The van der Waals surface area contributed by atoms with Gasteiger partial charge < -0.3 is 5.11 Å². The second-order valence-electron chi connectivity index (χ2n) is 2.20. The summed E-state index contributed by atoms with van der Waals surface area (Å²) in [6, 6.07) is 1.37. The Labute approximate surface area is 82.5 Å². The maximum atomic E-state index is 10.6. The summed E-state index contributed by atoms with van der Waals surface area (Å²) in [7, 11) is 0. The Morgan fingerprint density at radius 1 is 1.75 bits per heavy atom. The summed E-state index contributed by atoms with van der Waals surface area (Å²) < 4.78 is 0.303. The highest BCUT2D eigenvalue weighted by molar-refractivity contribution is 9.10. The first kappa shape index (κ1) is 9.48. The van der Waals surface area contributed by atoms with Gasteiger partial charge in [-0.2, -0.15) is 0 Å². The number of aromatic nitrogens is 1. The minimum Gasteiger partial charge on any atom is -0.478 e. The van der Waals surface area contributed by atoms with Crippen LogP contribution in [0.25, 0.3) is 0 Å². The van der Waals surface area contributed by atoms with Gasteiger partial charge in [-0.3, -0.25) is 0 Å². The maximum absolute atomic E-state index is 10.6. The van der Waals surface area contributed by atoms with Crippen molar-refractivity contribution < 1.29 is 9.90 Å². The molecule has 1 heterocycles. The Kier molecular flexibility index (Phi) is 2.69. The van der Waals surface area contributed by atoms with Crippen LogP contribution in [0.2, 0.25) is 5.02 Å². The average molecular weight is 250 g/mol. The summed E-state index contributed by atoms with van der Waals surface area (Å²) in [4.78, 5) is 14.5. The summed E-state index contributed by atoms with van der Waals surface area (Å²) in [5.74, 6) is -1.05. The van der Waals surface area contributed by atoms with E-state index < -0.39 is 5.97 Å². The number of hydrogen-bond acceptors (Lipinski definition) is 2. The zero-order valence-corrected chi connectivity index (χ0v) is 8.48. The summed E-state index contributed by atoms with van der Waals surface area (Å²) in [5.41, 5.74) is 0.680. The van der Waals surface area contributed by atoms with E-state index in [0.717, 1.165) is 0 Å². The molecular weight excluding hydrogens is 245 g/mol. The molecule has 0 spiro atoms. The van der Waals surface area contributed by atoms with E-state index in [-0.39, 0.29) is 5.56 Å². The number of carboxylic acid groups (broad SMARTS) is 1. The standard InChI is InChI=1S/C7H5BrClNO2/c1-3-5(9)2-4(7(11)12)6(8)10-3/h2H,1H3,(H,11,12). The van der Waals surface area contributed by atoms with Crippen LogP contribution in [0.4, 0.5) is 0 Å². The van der Waals surface area contributed by atoms with E-state index in [1.165, 1.54) is 6.07 Å². The van der Waals surface area contributed by atoms with E-state index in [2.05, 4.69) is 20.9 Å². The fraction of sp³-hybridized carbons (Fsp3) is 0.143. The van der Waals surface area contributed by atoms with Crippen molar-refractivity contribution in [3.8, 4) is 0 Å². The van der Waals surface area contributed by atoms with Gasteiger partial charge in [0.2, 0.25) is 0 Å². The predicted molar refractivity (Wildman–Crippen MR) is 48.6 cm³/mol. The number of rotatable bonds is 1. The molecule has 0 aliphatic carbocycles. The topological polar surface area (TPSA) is 50.2 Å². The molecule has 0 aliphatic heterocycles. The lowest BCUT2D eigenvalue weighted by molar-refractivity contribution is 0.0695. The number of aryl methyl sites for hydroxylation is 1. The lowest BCUT2D eigenvalue weighted by Gasteiger charge is -2.01. The molecule has 1 aromatic heterocycles. The lowest BCUT2D eigenvalue weighted by atomic mass is 10.2. The fourth-order valence-corrected chi connectivity index (χ4v) is 1.40. The van der Waals surface area contributed by atoms with Gasteiger partial charge in [-0.25, -0.2) is 9.78 Å². The Hall–Kier alpha value is -0.610. The monoisotopic (exact) mass is 249 g/mol. The summed E-state index contributed by atoms with van der Waals surface area (Å²) >= 11 is 8.71. The molecule has 12 heavy (non-hydrogen) atoms. The van der Waals surface area contributed by atoms with Gasteiger partial charge in [-0.1, -0.05) is 11.6 Å². The van der Waals surface area contributed by atoms with Crippen LogP contribution in [0.3, 0.4) is 0 Å². The van der Waals surface area contributed by atoms with E-state index in [1.54, 1.807) is 6.92 Å². The number of aromatic carboxylic acids is 1. The molecule has 1 N–H and O–H groups in total. The molecule has 0 amide bonds. The second kappa shape index (κ2) is 3.41. The average Bonchev–Trinajstić information content (AvgIpc) is 1.96. The van der Waals surface area contributed by atoms with E-state index in [4.69, 9.17) is 16.7 Å². The van der Waals surface area contributed by atoms with Crippen LogP contribution in [0, 0.1) is 6.92 Å². The van der Waals surface area contributed by atoms with Crippen LogP contribution in [0.5, 0.6) is 0 Å². The van der Waals surface area contributed by atoms with Crippen LogP contribution in [-0.2, 0) is 0 Å². The second-order valence-corrected chi connectivity index (χ2v) is 3.36. The van der Waals surface area contributed by atoms with Crippen LogP contribution >= 0.6 is 27.5 Å². The zero-order chi connectivity index (χ0) is 9.30. The van der Waals surface area contributed by atoms with Crippen molar-refractivity contribution in [1.82, 2.24) is 4.98 Å². The first-order valence-electron chi connectivity index (χ1n) is 3.08. The van der Waals surface area contributed by atoms with Gasteiger partial charge in [-0.15, -0.1) is 0 Å². The molecule has 0 radical (unpaired) electrons. The Morgan fingerprint density at radius 3 is 2.83 bits per heavy atom. The van der Waals surface area contributed by atoms with Crippen molar-refractivity contribution in [2.45, 2.75) is 6.92 Å². The van der Waals surface area contributed by atoms with Gasteiger partial charge in [-0.05, 0) is 28.9 Å². The molecule has 3 nitrogen and oxygen atoms in total. The summed E-state index contributed by atoms with van der Waals surface area (Å²) in [6.07, 6.45) is 0. The van der Waals surface area contributed by atoms with Crippen LogP contribution < -0.4 is 0 Å². The highest BCUT2D eigenvalue weighted by Crippen LogP contribution is 2.21. The van der Waals surface area contributed by atoms with Crippen molar-refractivity contribution >= 4 is 33.5 Å². The smallest absolute Gasteiger partial charge is 0.338 e. The SMILES string of the molecule is Cc1nc(Br)c(C(=O)O)cc1Cl. The molecule has 0 unspecified atom stereocenters. The third-order valence-electron chi connectivity index (χ3n) is 1.34. The summed E-state index contributed by atoms with van der Waals surface area (Å²) in [6.45, 7) is 1.71. The minimum atomic E-state index is -1.05. The van der Waals surface area contributed by atoms with Crippen LogP contribution in [0.15, 0.2) is 10.7 Å². The lowest BCUT2D eigenvalue weighted by Crippen LogP contribution is -2.00. The number of nitrogens with zero attached hydrogens (tertiary/aromatic N) is 1. The molecule has 64 valence electrons. The Balaban J connectivity index is 3.33. The third kappa shape index (κ3) is 1.76. The van der Waals surface area contributed by atoms with Gasteiger partial charge in [0.1, 0.15) is 4.60 Å². The quantitative estimate of drug-likeness (QED) is 0.779. The largest absolute Gasteiger partial charge is 0.478 e. The van der Waals surface area contributed by atoms with Gasteiger partial charge in [0.05, 0.1) is 16.3 Å². The Bertz CT molecular complexity index is 340. The predicted octanol–water partition coefficient (Wildman–Crippen LogP) is 2.50. The number of pyridine rings is 1. The highest BCUT2D eigenvalue weighted by Gasteiger charge is 2.11. The first-order valence-corrected chi connectivity index (χ1v) is 4.25. The van der Waals surface area contributed by atoms with Gasteiger partial charge in [0, 0.05) is 0 Å². The molecule has 0 aromatic carbocycles. The molecule has 0 saturated carbocycles. The van der Waals surface area contributed by atoms with Gasteiger partial charge >= 0.3 is 5.97 Å². The highest BCUT2D eigenvalue weighted by atomic mass is 79.9. The number of hydrogen-bond donors (Lipinski definition) is 1. The van der Waals surface area contributed by atoms with Crippen LogP contribution in [-0.4, -0.2) is 16.1 Å². The molecule has 0 atom stereocenters. The molecule has 0 bridgehead atoms. The molecule has 0 saturated heterocycles. The zero-order valence-electron chi connectivity index (χ0n) is 6.14. The summed E-state index contributed by atoms with van der Waals surface area (Å²) in [5, 5.41) is 9.01. The third-order valence-corrected chi connectivity index (χ3v) is 2.32. The van der Waals surface area contributed by atoms with E-state index in [0.29, 0.717) is 15.3 Å². The minimum absolute atomic E-state index is 0.0746. The number of carbonyl (C=O) groups is 1. The maximum Gasteiger partial charge on any atom is 0.338 e. The van der Waals surface area contributed by atoms with Crippen molar-refractivity contribution in [2.75, 3.05) is 0 Å². The molecule has 1 aromatic rings. The van der Waals surface area contributed by atoms with Crippen molar-refractivity contribution in [3.05, 3.63) is 26.9 Å². The van der Waals surface area contributed by atoms with E-state index in [9.17, 15) is 4.79 Å². The Morgan fingerprint density at radius 2 is 2.33 bits per heavy atom. The first-order chi connectivity index (χ1) is 5.52. The number of halogens is 2. The normalized spacial score (nSPS) is 9.92.